The Hall–Kier alpha value is -0.930. The molecule has 1 saturated heterocycles. The van der Waals surface area contributed by atoms with E-state index in [1.165, 1.54) is 18.4 Å². The minimum Gasteiger partial charge on any atom is -0.264 e. The molecule has 3 heteroatoms. The van der Waals surface area contributed by atoms with Gasteiger partial charge in [-0.2, -0.15) is 4.65 Å². The largest absolute Gasteiger partial charge is 0.264 e. The van der Waals surface area contributed by atoms with Crippen LogP contribution in [0.25, 0.3) is 0 Å². The highest BCUT2D eigenvalue weighted by molar-refractivity contribution is 5.12. The van der Waals surface area contributed by atoms with Gasteiger partial charge < -0.3 is 0 Å². The van der Waals surface area contributed by atoms with Gasteiger partial charge in [0.25, 0.3) is 0 Å². The molecule has 0 N–H and O–H groups in total. The second-order valence-electron chi connectivity index (χ2n) is 5.38. The zero-order valence-electron chi connectivity index (χ0n) is 11.1. The maximum absolute atomic E-state index is 5.89. The number of hydrogen-bond acceptors (Lipinski definition) is 2. The first-order valence-electron chi connectivity index (χ1n) is 6.50. The molecule has 0 spiro atoms. The Morgan fingerprint density at radius 1 is 1.53 bits per heavy atom. The molecule has 1 aromatic heterocycles. The van der Waals surface area contributed by atoms with Gasteiger partial charge in [0, 0.05) is 36.7 Å². The highest BCUT2D eigenvalue weighted by atomic mass is 16.7. The lowest BCUT2D eigenvalue weighted by molar-refractivity contribution is -1.12. The fourth-order valence-electron chi connectivity index (χ4n) is 3.08. The van der Waals surface area contributed by atoms with Crippen LogP contribution in [0.3, 0.4) is 0 Å². The third kappa shape index (κ3) is 2.50. The van der Waals surface area contributed by atoms with Gasteiger partial charge in [-0.3, -0.25) is 4.98 Å². The average molecular weight is 235 g/mol. The lowest BCUT2D eigenvalue weighted by Crippen LogP contribution is -2.48. The van der Waals surface area contributed by atoms with Gasteiger partial charge in [0.2, 0.25) is 0 Å². The number of likely N-dealkylation sites (tertiary alicyclic amines) is 1. The van der Waals surface area contributed by atoms with E-state index in [9.17, 15) is 0 Å². The monoisotopic (exact) mass is 235 g/mol. The van der Waals surface area contributed by atoms with Crippen molar-refractivity contribution in [2.45, 2.75) is 32.7 Å². The van der Waals surface area contributed by atoms with Crippen LogP contribution in [0.5, 0.6) is 0 Å². The highest BCUT2D eigenvalue weighted by Gasteiger charge is 2.44. The van der Waals surface area contributed by atoms with Crippen LogP contribution < -0.4 is 0 Å². The van der Waals surface area contributed by atoms with Crippen molar-refractivity contribution in [1.29, 1.82) is 0 Å². The molecule has 2 atom stereocenters. The van der Waals surface area contributed by atoms with Crippen LogP contribution in [0.1, 0.15) is 38.3 Å². The van der Waals surface area contributed by atoms with E-state index in [0.717, 1.165) is 17.7 Å². The Balaban J connectivity index is 2.26. The molecule has 2 unspecified atom stereocenters. The van der Waals surface area contributed by atoms with Gasteiger partial charge >= 0.3 is 0 Å². The molecule has 0 bridgehead atoms. The summed E-state index contributed by atoms with van der Waals surface area (Å²) in [6.45, 7) is 6.72. The molecule has 1 fully saturated rings. The Kier molecular flexibility index (Phi) is 3.79. The SMILES string of the molecule is CO[N+]1(CC(C)C)CCCC1c1cccnc1. The van der Waals surface area contributed by atoms with Crippen molar-refractivity contribution in [3.05, 3.63) is 30.1 Å². The molecule has 17 heavy (non-hydrogen) atoms. The number of rotatable bonds is 4. The normalized spacial score (nSPS) is 28.8. The van der Waals surface area contributed by atoms with Crippen LogP contribution in [0.2, 0.25) is 0 Å². The molecule has 0 radical (unpaired) electrons. The molecule has 1 aromatic rings. The molecule has 0 aromatic carbocycles. The van der Waals surface area contributed by atoms with Crippen molar-refractivity contribution in [1.82, 2.24) is 4.98 Å². The average Bonchev–Trinajstić information content (AvgIpc) is 2.73. The molecular weight excluding hydrogens is 212 g/mol. The first-order valence-corrected chi connectivity index (χ1v) is 6.50. The summed E-state index contributed by atoms with van der Waals surface area (Å²) in [4.78, 5) is 10.1. The maximum atomic E-state index is 5.89. The minimum atomic E-state index is 0.455. The van der Waals surface area contributed by atoms with Crippen molar-refractivity contribution < 1.29 is 9.48 Å². The summed E-state index contributed by atoms with van der Waals surface area (Å²) in [5.74, 6) is 0.646. The Morgan fingerprint density at radius 3 is 2.94 bits per heavy atom. The van der Waals surface area contributed by atoms with Crippen LogP contribution in [0.4, 0.5) is 0 Å². The Morgan fingerprint density at radius 2 is 2.35 bits per heavy atom. The number of nitrogens with zero attached hydrogens (tertiary/aromatic N) is 2. The number of quaternary nitrogens is 1. The van der Waals surface area contributed by atoms with Crippen LogP contribution in [-0.2, 0) is 4.84 Å². The zero-order valence-corrected chi connectivity index (χ0v) is 11.1. The molecule has 2 rings (SSSR count). The summed E-state index contributed by atoms with van der Waals surface area (Å²) >= 11 is 0. The molecular formula is C14H23N2O+. The predicted molar refractivity (Wildman–Crippen MR) is 68.1 cm³/mol. The van der Waals surface area contributed by atoms with E-state index < -0.39 is 0 Å². The van der Waals surface area contributed by atoms with Gasteiger partial charge in [-0.1, -0.05) is 13.8 Å². The second kappa shape index (κ2) is 5.15. The maximum Gasteiger partial charge on any atom is 0.146 e. The van der Waals surface area contributed by atoms with Crippen molar-refractivity contribution >= 4 is 0 Å². The van der Waals surface area contributed by atoms with Crippen molar-refractivity contribution in [3.63, 3.8) is 0 Å². The third-order valence-electron chi connectivity index (χ3n) is 3.69. The molecule has 3 nitrogen and oxygen atoms in total. The molecule has 1 aliphatic rings. The molecule has 0 aliphatic carbocycles. The lowest BCUT2D eigenvalue weighted by atomic mass is 10.1. The fourth-order valence-corrected chi connectivity index (χ4v) is 3.08. The number of hydroxylamine groups is 3. The summed E-state index contributed by atoms with van der Waals surface area (Å²) in [6, 6.07) is 4.65. The molecule has 0 amide bonds. The van der Waals surface area contributed by atoms with E-state index in [0.29, 0.717) is 12.0 Å². The van der Waals surface area contributed by atoms with Gasteiger partial charge in [0.05, 0.1) is 7.11 Å². The predicted octanol–water partition coefficient (Wildman–Crippen LogP) is 2.95. The highest BCUT2D eigenvalue weighted by Crippen LogP contribution is 2.39. The summed E-state index contributed by atoms with van der Waals surface area (Å²) in [7, 11) is 1.84. The van der Waals surface area contributed by atoms with Gasteiger partial charge in [0.1, 0.15) is 19.1 Å². The van der Waals surface area contributed by atoms with E-state index in [-0.39, 0.29) is 0 Å². The van der Waals surface area contributed by atoms with Crippen LogP contribution in [-0.4, -0.2) is 29.8 Å². The van der Waals surface area contributed by atoms with E-state index in [4.69, 9.17) is 4.84 Å². The van der Waals surface area contributed by atoms with Crippen molar-refractivity contribution in [2.75, 3.05) is 20.2 Å². The molecule has 1 aliphatic heterocycles. The van der Waals surface area contributed by atoms with E-state index in [2.05, 4.69) is 24.9 Å². The molecule has 0 saturated carbocycles. The van der Waals surface area contributed by atoms with Gasteiger partial charge in [0.15, 0.2) is 0 Å². The zero-order chi connectivity index (χ0) is 12.3. The Bertz CT molecular complexity index is 352. The van der Waals surface area contributed by atoms with Crippen LogP contribution >= 0.6 is 0 Å². The second-order valence-corrected chi connectivity index (χ2v) is 5.38. The van der Waals surface area contributed by atoms with E-state index in [1.54, 1.807) is 0 Å². The quantitative estimate of drug-likeness (QED) is 0.749. The van der Waals surface area contributed by atoms with Gasteiger partial charge in [-0.05, 0) is 12.1 Å². The molecule has 2 heterocycles. The summed E-state index contributed by atoms with van der Waals surface area (Å²) in [5.41, 5.74) is 1.31. The van der Waals surface area contributed by atoms with Crippen molar-refractivity contribution in [2.24, 2.45) is 5.92 Å². The Labute approximate surface area is 104 Å². The van der Waals surface area contributed by atoms with E-state index in [1.807, 2.05) is 25.6 Å². The van der Waals surface area contributed by atoms with Crippen molar-refractivity contribution in [3.8, 4) is 0 Å². The van der Waals surface area contributed by atoms with Crippen LogP contribution in [0.15, 0.2) is 24.5 Å². The summed E-state index contributed by atoms with van der Waals surface area (Å²) in [6.07, 6.45) is 6.26. The van der Waals surface area contributed by atoms with E-state index >= 15 is 0 Å². The first kappa shape index (κ1) is 12.5. The number of aromatic nitrogens is 1. The summed E-state index contributed by atoms with van der Waals surface area (Å²) < 4.78 is 0.767. The van der Waals surface area contributed by atoms with Gasteiger partial charge in [-0.25, -0.2) is 4.84 Å². The minimum absolute atomic E-state index is 0.455. The third-order valence-corrected chi connectivity index (χ3v) is 3.69. The fraction of sp³-hybridized carbons (Fsp3) is 0.643. The number of pyridine rings is 1. The van der Waals surface area contributed by atoms with Gasteiger partial charge in [-0.15, -0.1) is 0 Å². The standard InChI is InChI=1S/C14H23N2O/c1-12(2)11-16(17-3)9-5-7-14(16)13-6-4-8-15-10-13/h4,6,8,10,12,14H,5,7,9,11H2,1-3H3/q+1. The number of hydrogen-bond donors (Lipinski definition) is 0. The molecule has 94 valence electrons. The first-order chi connectivity index (χ1) is 8.18. The summed E-state index contributed by atoms with van der Waals surface area (Å²) in [5, 5.41) is 0. The lowest BCUT2D eigenvalue weighted by Gasteiger charge is -2.37. The van der Waals surface area contributed by atoms with Crippen LogP contribution in [0, 0.1) is 5.92 Å². The topological polar surface area (TPSA) is 22.1 Å². The smallest absolute Gasteiger partial charge is 0.146 e.